The molecule has 0 spiro atoms. The van der Waals surface area contributed by atoms with Crippen molar-refractivity contribution in [2.45, 2.75) is 34.6 Å². The fraction of sp³-hybridized carbons (Fsp3) is 0.240. The Balaban J connectivity index is 0. The molecule has 27 heavy (non-hydrogen) atoms. The van der Waals surface area contributed by atoms with Gasteiger partial charge >= 0.3 is 0 Å². The molecule has 0 unspecified atom stereocenters. The molecule has 2 heteroatoms. The van der Waals surface area contributed by atoms with Crippen molar-refractivity contribution in [2.75, 3.05) is 7.11 Å². The Morgan fingerprint density at radius 1 is 0.852 bits per heavy atom. The van der Waals surface area contributed by atoms with E-state index in [0.29, 0.717) is 0 Å². The number of benzene rings is 2. The van der Waals surface area contributed by atoms with Gasteiger partial charge in [-0.2, -0.15) is 0 Å². The van der Waals surface area contributed by atoms with Crippen LogP contribution in [-0.4, -0.2) is 12.9 Å². The van der Waals surface area contributed by atoms with E-state index in [1.165, 1.54) is 0 Å². The summed E-state index contributed by atoms with van der Waals surface area (Å²) in [4.78, 5) is 11.7. The lowest BCUT2D eigenvalue weighted by Crippen LogP contribution is -1.85. The average Bonchev–Trinajstić information content (AvgIpc) is 2.75. The molecule has 0 aliphatic heterocycles. The highest BCUT2D eigenvalue weighted by molar-refractivity contribution is 6.04. The largest absolute Gasteiger partial charge is 0.497 e. The van der Waals surface area contributed by atoms with Gasteiger partial charge in [0.15, 0.2) is 5.78 Å². The van der Waals surface area contributed by atoms with E-state index in [9.17, 15) is 4.79 Å². The lowest BCUT2D eigenvalue weighted by molar-refractivity contribution is -0.110. The molecule has 0 saturated heterocycles. The number of allylic oxidation sites excluding steroid dienone is 2. The molecule has 0 fully saturated rings. The van der Waals surface area contributed by atoms with E-state index < -0.39 is 0 Å². The van der Waals surface area contributed by atoms with Crippen molar-refractivity contribution in [3.8, 4) is 18.1 Å². The van der Waals surface area contributed by atoms with Crippen molar-refractivity contribution in [3.05, 3.63) is 77.9 Å². The van der Waals surface area contributed by atoms with Crippen LogP contribution in [0.1, 0.15) is 45.7 Å². The van der Waals surface area contributed by atoms with Gasteiger partial charge in [0.05, 0.1) is 7.11 Å². The van der Waals surface area contributed by atoms with E-state index in [0.717, 1.165) is 16.9 Å². The molecule has 2 aromatic carbocycles. The van der Waals surface area contributed by atoms with Gasteiger partial charge in [0.2, 0.25) is 0 Å². The van der Waals surface area contributed by atoms with Crippen LogP contribution < -0.4 is 4.74 Å². The first-order valence-electron chi connectivity index (χ1n) is 9.16. The zero-order valence-corrected chi connectivity index (χ0v) is 17.4. The van der Waals surface area contributed by atoms with E-state index in [1.54, 1.807) is 38.3 Å². The minimum atomic E-state index is -0.0373. The van der Waals surface area contributed by atoms with Crippen LogP contribution in [0.4, 0.5) is 0 Å². The molecule has 144 valence electrons. The van der Waals surface area contributed by atoms with Gasteiger partial charge in [0.1, 0.15) is 5.75 Å². The zero-order valence-electron chi connectivity index (χ0n) is 17.4. The van der Waals surface area contributed by atoms with Crippen LogP contribution in [-0.2, 0) is 4.79 Å². The molecule has 0 atom stereocenters. The van der Waals surface area contributed by atoms with Gasteiger partial charge < -0.3 is 4.74 Å². The van der Waals surface area contributed by atoms with Gasteiger partial charge in [-0.15, -0.1) is 12.3 Å². The molecule has 2 aromatic rings. The number of hydrogen-bond acceptors (Lipinski definition) is 2. The zero-order chi connectivity index (χ0) is 20.9. The number of carbonyl (C=O) groups excluding carboxylic acids is 1. The minimum absolute atomic E-state index is 0.0373. The van der Waals surface area contributed by atoms with Crippen molar-refractivity contribution in [1.82, 2.24) is 0 Å². The Hall–Kier alpha value is -3.05. The van der Waals surface area contributed by atoms with Crippen molar-refractivity contribution in [1.29, 1.82) is 0 Å². The highest BCUT2D eigenvalue weighted by atomic mass is 16.5. The van der Waals surface area contributed by atoms with Crippen LogP contribution in [0.3, 0.4) is 0 Å². The molecule has 0 radical (unpaired) electrons. The first-order chi connectivity index (χ1) is 13.2. The predicted octanol–water partition coefficient (Wildman–Crippen LogP) is 6.68. The Kier molecular flexibility index (Phi) is 18.7. The molecule has 2 nitrogen and oxygen atoms in total. The Morgan fingerprint density at radius 3 is 1.67 bits per heavy atom. The molecular formula is C25H32O2. The highest BCUT2D eigenvalue weighted by Gasteiger charge is 1.92. The fourth-order valence-corrected chi connectivity index (χ4v) is 1.69. The lowest BCUT2D eigenvalue weighted by atomic mass is 10.1. The molecule has 0 bridgehead atoms. The summed E-state index contributed by atoms with van der Waals surface area (Å²) in [5.41, 5.74) is 1.98. The second kappa shape index (κ2) is 19.3. The number of terminal acetylenes is 1. The van der Waals surface area contributed by atoms with Gasteiger partial charge in [0.25, 0.3) is 0 Å². The Morgan fingerprint density at radius 2 is 1.26 bits per heavy atom. The molecule has 0 N–H and O–H groups in total. The van der Waals surface area contributed by atoms with Gasteiger partial charge in [-0.1, -0.05) is 82.3 Å². The molecule has 0 aliphatic carbocycles. The molecular weight excluding hydrogens is 332 g/mol. The normalized spacial score (nSPS) is 8.93. The molecule has 0 aliphatic rings. The fourth-order valence-electron chi connectivity index (χ4n) is 1.69. The first-order valence-corrected chi connectivity index (χ1v) is 9.16. The molecule has 0 heterocycles. The summed E-state index contributed by atoms with van der Waals surface area (Å²) in [5, 5.41) is 0. The van der Waals surface area contributed by atoms with E-state index in [1.807, 2.05) is 82.3 Å². The summed E-state index contributed by atoms with van der Waals surface area (Å²) >= 11 is 0. The summed E-state index contributed by atoms with van der Waals surface area (Å²) < 4.78 is 5.08. The van der Waals surface area contributed by atoms with Gasteiger partial charge in [0, 0.05) is 0 Å². The van der Waals surface area contributed by atoms with Crippen LogP contribution in [0.2, 0.25) is 0 Å². The van der Waals surface area contributed by atoms with E-state index in [2.05, 4.69) is 12.3 Å². The van der Waals surface area contributed by atoms with Crippen molar-refractivity contribution < 1.29 is 9.53 Å². The summed E-state index contributed by atoms with van der Waals surface area (Å²) in [6.45, 7) is 9.65. The Bertz CT molecular complexity index is 687. The minimum Gasteiger partial charge on any atom is -0.497 e. The number of hydrogen-bond donors (Lipinski definition) is 0. The van der Waals surface area contributed by atoms with E-state index >= 15 is 0 Å². The van der Waals surface area contributed by atoms with Crippen LogP contribution in [0.5, 0.6) is 5.75 Å². The maximum absolute atomic E-state index is 11.7. The number of ether oxygens (including phenoxy) is 1. The molecule has 0 saturated carbocycles. The standard InChI is InChI=1S/C18H16O2.C3H4.2C2H6/c1-20-18-13-9-16(10-14-18)8-12-17(19)11-7-15-5-3-2-4-6-15;1-3-2;2*1-2/h2-14H,1H3;1H,2H3;2*1-2H3/b11-7+,12-8+;;;. The Labute approximate surface area is 165 Å². The maximum atomic E-state index is 11.7. The topological polar surface area (TPSA) is 26.3 Å². The third kappa shape index (κ3) is 13.9. The van der Waals surface area contributed by atoms with Crippen LogP contribution in [0.15, 0.2) is 66.7 Å². The quantitative estimate of drug-likeness (QED) is 0.437. The monoisotopic (exact) mass is 364 g/mol. The SMILES string of the molecule is C#CC.CC.CC.COc1ccc(/C=C/C(=O)/C=C/c2ccccc2)cc1. The van der Waals surface area contributed by atoms with E-state index in [4.69, 9.17) is 4.74 Å². The number of carbonyl (C=O) groups is 1. The van der Waals surface area contributed by atoms with Crippen molar-refractivity contribution in [2.24, 2.45) is 0 Å². The second-order valence-corrected chi connectivity index (χ2v) is 4.54. The lowest BCUT2D eigenvalue weighted by Gasteiger charge is -1.98. The van der Waals surface area contributed by atoms with Gasteiger partial charge in [-0.05, 0) is 42.3 Å². The average molecular weight is 365 g/mol. The van der Waals surface area contributed by atoms with Gasteiger partial charge in [-0.3, -0.25) is 4.79 Å². The summed E-state index contributed by atoms with van der Waals surface area (Å²) in [7, 11) is 1.63. The highest BCUT2D eigenvalue weighted by Crippen LogP contribution is 2.12. The first kappa shape index (κ1) is 26.2. The maximum Gasteiger partial charge on any atom is 0.178 e. The van der Waals surface area contributed by atoms with E-state index in [-0.39, 0.29) is 5.78 Å². The molecule has 2 rings (SSSR count). The summed E-state index contributed by atoms with van der Waals surface area (Å²) in [6, 6.07) is 17.3. The summed E-state index contributed by atoms with van der Waals surface area (Å²) in [6.07, 6.45) is 11.3. The third-order valence-corrected chi connectivity index (χ3v) is 2.80. The molecule has 0 aromatic heterocycles. The predicted molar refractivity (Wildman–Crippen MR) is 120 cm³/mol. The van der Waals surface area contributed by atoms with Crippen molar-refractivity contribution >= 4 is 17.9 Å². The molecule has 0 amide bonds. The van der Waals surface area contributed by atoms with Crippen LogP contribution in [0, 0.1) is 12.3 Å². The van der Waals surface area contributed by atoms with Gasteiger partial charge in [-0.25, -0.2) is 0 Å². The summed E-state index contributed by atoms with van der Waals surface area (Å²) in [5.74, 6) is 3.02. The van der Waals surface area contributed by atoms with Crippen LogP contribution >= 0.6 is 0 Å². The van der Waals surface area contributed by atoms with Crippen LogP contribution in [0.25, 0.3) is 12.2 Å². The number of rotatable bonds is 5. The number of methoxy groups -OCH3 is 1. The third-order valence-electron chi connectivity index (χ3n) is 2.80. The smallest absolute Gasteiger partial charge is 0.178 e. The number of ketones is 1. The second-order valence-electron chi connectivity index (χ2n) is 4.54. The van der Waals surface area contributed by atoms with Crippen molar-refractivity contribution in [3.63, 3.8) is 0 Å².